The number of hydrogen-bond donors (Lipinski definition) is 1. The number of nitro benzene ring substituents is 1. The highest BCUT2D eigenvalue weighted by atomic mass is 16.6. The van der Waals surface area contributed by atoms with Crippen molar-refractivity contribution in [3.8, 4) is 6.07 Å². The lowest BCUT2D eigenvalue weighted by molar-refractivity contribution is -0.384. The van der Waals surface area contributed by atoms with Crippen LogP contribution in [0, 0.1) is 21.4 Å². The number of benzene rings is 1. The molecule has 1 aromatic carbocycles. The number of nitrogens with zero attached hydrogens (tertiary/aromatic N) is 4. The lowest BCUT2D eigenvalue weighted by Gasteiger charge is -2.39. The Labute approximate surface area is 129 Å². The maximum Gasteiger partial charge on any atom is 0.293 e. The highest BCUT2D eigenvalue weighted by molar-refractivity contribution is 5.65. The van der Waals surface area contributed by atoms with Gasteiger partial charge in [0.05, 0.1) is 23.2 Å². The largest absolute Gasteiger partial charge is 0.395 e. The highest BCUT2D eigenvalue weighted by Crippen LogP contribution is 2.30. The standard InChI is InChI=1S/C15H20N4O3/c1-2-13(11-20)17-5-7-18(8-6-17)14-4-3-12(10-16)9-15(14)19(21)22/h3-4,9,13,20H,2,5-8,11H2,1H3. The van der Waals surface area contributed by atoms with Gasteiger partial charge in [0.2, 0.25) is 0 Å². The number of hydrogen-bond acceptors (Lipinski definition) is 6. The summed E-state index contributed by atoms with van der Waals surface area (Å²) < 4.78 is 0. The van der Waals surface area contributed by atoms with E-state index in [1.807, 2.05) is 17.9 Å². The molecule has 0 spiro atoms. The quantitative estimate of drug-likeness (QED) is 0.652. The van der Waals surface area contributed by atoms with E-state index in [9.17, 15) is 15.2 Å². The van der Waals surface area contributed by atoms with Crippen LogP contribution in [0.25, 0.3) is 0 Å². The van der Waals surface area contributed by atoms with Crippen molar-refractivity contribution in [2.75, 3.05) is 37.7 Å². The van der Waals surface area contributed by atoms with Crippen LogP contribution in [0.5, 0.6) is 0 Å². The summed E-state index contributed by atoms with van der Waals surface area (Å²) in [6.45, 7) is 5.03. The first-order valence-electron chi connectivity index (χ1n) is 7.39. The number of aliphatic hydroxyl groups excluding tert-OH is 1. The molecule has 0 amide bonds. The molecule has 0 aliphatic carbocycles. The van der Waals surface area contributed by atoms with E-state index < -0.39 is 4.92 Å². The predicted octanol–water partition coefficient (Wildman–Crippen LogP) is 1.36. The molecule has 7 nitrogen and oxygen atoms in total. The van der Waals surface area contributed by atoms with E-state index in [0.29, 0.717) is 24.3 Å². The fraction of sp³-hybridized carbons (Fsp3) is 0.533. The first kappa shape index (κ1) is 16.2. The molecule has 1 saturated heterocycles. The molecule has 118 valence electrons. The average molecular weight is 304 g/mol. The van der Waals surface area contributed by atoms with E-state index in [1.165, 1.54) is 6.07 Å². The van der Waals surface area contributed by atoms with Crippen molar-refractivity contribution in [2.45, 2.75) is 19.4 Å². The maximum absolute atomic E-state index is 11.2. The molecule has 7 heteroatoms. The zero-order valence-corrected chi connectivity index (χ0v) is 12.6. The Balaban J connectivity index is 2.15. The Morgan fingerprint density at radius 2 is 2.09 bits per heavy atom. The number of anilines is 1. The Hall–Kier alpha value is -2.17. The molecule has 2 rings (SSSR count). The first-order valence-corrected chi connectivity index (χ1v) is 7.39. The maximum atomic E-state index is 11.2. The first-order chi connectivity index (χ1) is 10.6. The van der Waals surface area contributed by atoms with Crippen molar-refractivity contribution in [2.24, 2.45) is 0 Å². The molecule has 1 atom stereocenters. The van der Waals surface area contributed by atoms with Gasteiger partial charge in [-0.05, 0) is 18.6 Å². The molecule has 1 unspecified atom stereocenters. The van der Waals surface area contributed by atoms with Gasteiger partial charge in [-0.3, -0.25) is 15.0 Å². The van der Waals surface area contributed by atoms with Gasteiger partial charge in [-0.25, -0.2) is 0 Å². The summed E-state index contributed by atoms with van der Waals surface area (Å²) in [5.41, 5.74) is 0.822. The molecule has 0 aromatic heterocycles. The summed E-state index contributed by atoms with van der Waals surface area (Å²) in [5, 5.41) is 29.5. The number of nitriles is 1. The van der Waals surface area contributed by atoms with Crippen LogP contribution in [-0.2, 0) is 0 Å². The zero-order chi connectivity index (χ0) is 16.1. The van der Waals surface area contributed by atoms with Gasteiger partial charge in [-0.1, -0.05) is 6.92 Å². The van der Waals surface area contributed by atoms with Crippen molar-refractivity contribution in [1.29, 1.82) is 5.26 Å². The van der Waals surface area contributed by atoms with Gasteiger partial charge in [0.25, 0.3) is 5.69 Å². The molecule has 1 fully saturated rings. The minimum Gasteiger partial charge on any atom is -0.395 e. The molecule has 1 aliphatic rings. The molecule has 1 heterocycles. The summed E-state index contributed by atoms with van der Waals surface area (Å²) in [5.74, 6) is 0. The van der Waals surface area contributed by atoms with Crippen molar-refractivity contribution in [3.05, 3.63) is 33.9 Å². The summed E-state index contributed by atoms with van der Waals surface area (Å²) in [7, 11) is 0. The van der Waals surface area contributed by atoms with Crippen molar-refractivity contribution >= 4 is 11.4 Å². The van der Waals surface area contributed by atoms with Crippen LogP contribution in [0.2, 0.25) is 0 Å². The van der Waals surface area contributed by atoms with Gasteiger partial charge in [0, 0.05) is 38.3 Å². The monoisotopic (exact) mass is 304 g/mol. The molecule has 0 radical (unpaired) electrons. The highest BCUT2D eigenvalue weighted by Gasteiger charge is 2.26. The molecule has 1 N–H and O–H groups in total. The summed E-state index contributed by atoms with van der Waals surface area (Å²) in [4.78, 5) is 15.0. The Kier molecular flexibility index (Phi) is 5.31. The minimum atomic E-state index is -0.439. The second-order valence-corrected chi connectivity index (χ2v) is 5.34. The lowest BCUT2D eigenvalue weighted by atomic mass is 10.1. The molecule has 1 aromatic rings. The van der Waals surface area contributed by atoms with Crippen molar-refractivity contribution in [3.63, 3.8) is 0 Å². The third-order valence-electron chi connectivity index (χ3n) is 4.15. The summed E-state index contributed by atoms with van der Waals surface area (Å²) in [6, 6.07) is 6.66. The smallest absolute Gasteiger partial charge is 0.293 e. The van der Waals surface area contributed by atoms with Crippen LogP contribution < -0.4 is 4.90 Å². The van der Waals surface area contributed by atoms with Crippen LogP contribution in [0.3, 0.4) is 0 Å². The Morgan fingerprint density at radius 3 is 2.59 bits per heavy atom. The van der Waals surface area contributed by atoms with E-state index >= 15 is 0 Å². The molecule has 1 aliphatic heterocycles. The number of aliphatic hydroxyl groups is 1. The molecule has 0 bridgehead atoms. The normalized spacial score (nSPS) is 17.0. The van der Waals surface area contributed by atoms with Gasteiger partial charge >= 0.3 is 0 Å². The lowest BCUT2D eigenvalue weighted by Crippen LogP contribution is -2.51. The van der Waals surface area contributed by atoms with E-state index in [1.54, 1.807) is 12.1 Å². The van der Waals surface area contributed by atoms with Crippen molar-refractivity contribution in [1.82, 2.24) is 4.90 Å². The van der Waals surface area contributed by atoms with Crippen LogP contribution >= 0.6 is 0 Å². The van der Waals surface area contributed by atoms with Crippen molar-refractivity contribution < 1.29 is 10.0 Å². The van der Waals surface area contributed by atoms with Gasteiger partial charge in [-0.2, -0.15) is 5.26 Å². The number of nitro groups is 1. The van der Waals surface area contributed by atoms with Crippen LogP contribution in [0.1, 0.15) is 18.9 Å². The van der Waals surface area contributed by atoms with Crippen LogP contribution in [0.4, 0.5) is 11.4 Å². The Morgan fingerprint density at radius 1 is 1.41 bits per heavy atom. The fourth-order valence-electron chi connectivity index (χ4n) is 2.84. The summed E-state index contributed by atoms with van der Waals surface area (Å²) in [6.07, 6.45) is 0.882. The SMILES string of the molecule is CCC(CO)N1CCN(c2ccc(C#N)cc2[N+](=O)[O-])CC1. The molecule has 0 saturated carbocycles. The van der Waals surface area contributed by atoms with Gasteiger partial charge in [0.15, 0.2) is 0 Å². The number of piperazine rings is 1. The molecular formula is C15H20N4O3. The molecular weight excluding hydrogens is 284 g/mol. The minimum absolute atomic E-state index is 0.0262. The van der Waals surface area contributed by atoms with E-state index in [4.69, 9.17) is 5.26 Å². The second kappa shape index (κ2) is 7.20. The van der Waals surface area contributed by atoms with Gasteiger partial charge in [0.1, 0.15) is 5.69 Å². The second-order valence-electron chi connectivity index (χ2n) is 5.34. The Bertz CT molecular complexity index is 573. The van der Waals surface area contributed by atoms with E-state index in [2.05, 4.69) is 4.90 Å². The predicted molar refractivity (Wildman–Crippen MR) is 82.8 cm³/mol. The topological polar surface area (TPSA) is 93.6 Å². The third kappa shape index (κ3) is 3.35. The van der Waals surface area contributed by atoms with E-state index in [-0.39, 0.29) is 18.3 Å². The van der Waals surface area contributed by atoms with Gasteiger partial charge < -0.3 is 10.0 Å². The van der Waals surface area contributed by atoms with Gasteiger partial charge in [-0.15, -0.1) is 0 Å². The fourth-order valence-corrected chi connectivity index (χ4v) is 2.84. The summed E-state index contributed by atoms with van der Waals surface area (Å²) >= 11 is 0. The van der Waals surface area contributed by atoms with Crippen LogP contribution in [0.15, 0.2) is 18.2 Å². The number of rotatable bonds is 5. The van der Waals surface area contributed by atoms with Crippen LogP contribution in [-0.4, -0.2) is 53.8 Å². The molecule has 22 heavy (non-hydrogen) atoms. The third-order valence-corrected chi connectivity index (χ3v) is 4.15. The zero-order valence-electron chi connectivity index (χ0n) is 12.6. The van der Waals surface area contributed by atoms with E-state index in [0.717, 1.165) is 19.5 Å². The average Bonchev–Trinajstić information content (AvgIpc) is 2.56.